The lowest BCUT2D eigenvalue weighted by molar-refractivity contribution is 0.399. The normalized spacial score (nSPS) is 10.9. The first-order valence-electron chi connectivity index (χ1n) is 7.65. The number of rotatable bonds is 4. The molecule has 0 atom stereocenters. The monoisotopic (exact) mass is 300 g/mol. The van der Waals surface area contributed by atoms with Gasteiger partial charge in [-0.2, -0.15) is 0 Å². The molecule has 120 valence electrons. The zero-order valence-corrected chi connectivity index (χ0v) is 14.6. The van der Waals surface area contributed by atoms with Crippen molar-refractivity contribution in [3.05, 3.63) is 65.2 Å². The Morgan fingerprint density at radius 1 is 0.818 bits per heavy atom. The van der Waals surface area contributed by atoms with Gasteiger partial charge in [-0.15, -0.1) is 0 Å². The molecule has 0 saturated heterocycles. The van der Waals surface area contributed by atoms with Crippen LogP contribution in [0.1, 0.15) is 50.3 Å². The summed E-state index contributed by atoms with van der Waals surface area (Å²) in [4.78, 5) is 0. The van der Waals surface area contributed by atoms with E-state index in [2.05, 4.69) is 64.1 Å². The summed E-state index contributed by atoms with van der Waals surface area (Å²) in [5, 5.41) is 7.00. The molecular weight excluding hydrogens is 272 g/mol. The molecule has 1 N–H and O–H groups in total. The van der Waals surface area contributed by atoms with Crippen molar-refractivity contribution >= 4 is 0 Å². The molecule has 2 rings (SSSR count). The van der Waals surface area contributed by atoms with E-state index in [0.717, 1.165) is 12.9 Å². The van der Waals surface area contributed by atoms with Crippen LogP contribution in [-0.2, 0) is 5.41 Å². The molecule has 0 unspecified atom stereocenters. The van der Waals surface area contributed by atoms with Crippen LogP contribution < -0.4 is 4.74 Å². The highest BCUT2D eigenvalue weighted by Crippen LogP contribution is 2.33. The van der Waals surface area contributed by atoms with Gasteiger partial charge in [0.25, 0.3) is 0 Å². The maximum absolute atomic E-state index is 7.00. The number of hydrogen-bond acceptors (Lipinski definition) is 2. The number of ether oxygens (including phenoxy) is 1. The highest BCUT2D eigenvalue weighted by molar-refractivity contribution is 5.41. The van der Waals surface area contributed by atoms with Gasteiger partial charge in [0.15, 0.2) is 0 Å². The Kier molecular flexibility index (Phi) is 6.63. The van der Waals surface area contributed by atoms with E-state index >= 15 is 0 Å². The predicted octanol–water partition coefficient (Wildman–Crippen LogP) is 4.75. The van der Waals surface area contributed by atoms with Gasteiger partial charge in [0.1, 0.15) is 5.75 Å². The van der Waals surface area contributed by atoms with Gasteiger partial charge in [-0.3, -0.25) is 0 Å². The molecule has 0 aliphatic carbocycles. The highest BCUT2D eigenvalue weighted by Gasteiger charge is 2.23. The largest absolute Gasteiger partial charge is 0.497 e. The van der Waals surface area contributed by atoms with Gasteiger partial charge < -0.3 is 9.84 Å². The van der Waals surface area contributed by atoms with Crippen LogP contribution in [-0.4, -0.2) is 19.3 Å². The van der Waals surface area contributed by atoms with Gasteiger partial charge in [-0.25, -0.2) is 0 Å². The maximum atomic E-state index is 7.00. The lowest BCUT2D eigenvalue weighted by Gasteiger charge is -2.26. The number of hydrogen-bond donors (Lipinski definition) is 1. The van der Waals surface area contributed by atoms with Crippen LogP contribution in [0.25, 0.3) is 0 Å². The summed E-state index contributed by atoms with van der Waals surface area (Å²) in [5.41, 5.74) is 4.03. The molecule has 0 aliphatic heterocycles. The average molecular weight is 300 g/mol. The molecule has 0 aliphatic rings. The molecule has 2 aromatic rings. The van der Waals surface area contributed by atoms with Crippen molar-refractivity contribution in [2.45, 2.75) is 39.0 Å². The summed E-state index contributed by atoms with van der Waals surface area (Å²) >= 11 is 0. The zero-order valence-electron chi connectivity index (χ0n) is 14.6. The van der Waals surface area contributed by atoms with E-state index in [-0.39, 0.29) is 5.41 Å². The minimum Gasteiger partial charge on any atom is -0.497 e. The molecular formula is C20H28O2. The highest BCUT2D eigenvalue weighted by atomic mass is 16.5. The Hall–Kier alpha value is -1.80. The molecule has 0 radical (unpaired) electrons. The molecule has 2 aromatic carbocycles. The average Bonchev–Trinajstić information content (AvgIpc) is 2.56. The first-order chi connectivity index (χ1) is 10.4. The Morgan fingerprint density at radius 3 is 1.59 bits per heavy atom. The van der Waals surface area contributed by atoms with Crippen LogP contribution in [0.5, 0.6) is 5.75 Å². The van der Waals surface area contributed by atoms with E-state index in [0.29, 0.717) is 5.92 Å². The van der Waals surface area contributed by atoms with Gasteiger partial charge in [0, 0.05) is 12.5 Å². The van der Waals surface area contributed by atoms with Crippen LogP contribution in [0.15, 0.2) is 48.5 Å². The quantitative estimate of drug-likeness (QED) is 0.882. The fourth-order valence-corrected chi connectivity index (χ4v) is 2.46. The molecule has 22 heavy (non-hydrogen) atoms. The van der Waals surface area contributed by atoms with Crippen molar-refractivity contribution in [1.29, 1.82) is 0 Å². The van der Waals surface area contributed by atoms with E-state index in [1.165, 1.54) is 16.7 Å². The number of aliphatic hydroxyl groups is 1. The van der Waals surface area contributed by atoms with Gasteiger partial charge in [-0.05, 0) is 34.7 Å². The van der Waals surface area contributed by atoms with Crippen molar-refractivity contribution in [1.82, 2.24) is 0 Å². The fourth-order valence-electron chi connectivity index (χ4n) is 2.46. The molecule has 0 bridgehead atoms. The standard InChI is InChI=1S/C19H24O.CH4O/c1-14(2)15-6-8-16(9-7-15)19(3,4)17-10-12-18(20-5)13-11-17;1-2/h6-14H,1-5H3;2H,1H3. The Morgan fingerprint density at radius 2 is 1.23 bits per heavy atom. The second-order valence-electron chi connectivity index (χ2n) is 6.13. The van der Waals surface area contributed by atoms with E-state index in [9.17, 15) is 0 Å². The lowest BCUT2D eigenvalue weighted by Crippen LogP contribution is -2.18. The van der Waals surface area contributed by atoms with Crippen molar-refractivity contribution in [2.75, 3.05) is 14.2 Å². The third-order valence-corrected chi connectivity index (χ3v) is 4.11. The second kappa shape index (κ2) is 8.00. The van der Waals surface area contributed by atoms with Crippen molar-refractivity contribution in [3.8, 4) is 5.75 Å². The van der Waals surface area contributed by atoms with Crippen LogP contribution in [0.2, 0.25) is 0 Å². The molecule has 0 spiro atoms. The van der Waals surface area contributed by atoms with Crippen molar-refractivity contribution < 1.29 is 9.84 Å². The Balaban J connectivity index is 0.00000116. The zero-order chi connectivity index (χ0) is 16.8. The Bertz CT molecular complexity index is 551. The van der Waals surface area contributed by atoms with E-state index in [1.54, 1.807) is 7.11 Å². The van der Waals surface area contributed by atoms with Crippen molar-refractivity contribution in [2.24, 2.45) is 0 Å². The van der Waals surface area contributed by atoms with Gasteiger partial charge >= 0.3 is 0 Å². The first-order valence-corrected chi connectivity index (χ1v) is 7.65. The smallest absolute Gasteiger partial charge is 0.118 e. The summed E-state index contributed by atoms with van der Waals surface area (Å²) in [6, 6.07) is 17.3. The molecule has 0 fully saturated rings. The summed E-state index contributed by atoms with van der Waals surface area (Å²) in [6.45, 7) is 8.98. The third-order valence-electron chi connectivity index (χ3n) is 4.11. The predicted molar refractivity (Wildman–Crippen MR) is 93.8 cm³/mol. The van der Waals surface area contributed by atoms with E-state index in [1.807, 2.05) is 12.1 Å². The summed E-state index contributed by atoms with van der Waals surface area (Å²) in [6.07, 6.45) is 0. The number of benzene rings is 2. The number of aliphatic hydroxyl groups excluding tert-OH is 1. The van der Waals surface area contributed by atoms with E-state index < -0.39 is 0 Å². The fraction of sp³-hybridized carbons (Fsp3) is 0.400. The molecule has 2 nitrogen and oxygen atoms in total. The van der Waals surface area contributed by atoms with E-state index in [4.69, 9.17) is 9.84 Å². The molecule has 0 amide bonds. The summed E-state index contributed by atoms with van der Waals surface area (Å²) < 4.78 is 5.23. The Labute approximate surface area is 134 Å². The van der Waals surface area contributed by atoms with Gasteiger partial charge in [0.05, 0.1) is 7.11 Å². The molecule has 0 saturated carbocycles. The SMILES string of the molecule is CO.COc1ccc(C(C)(C)c2ccc(C(C)C)cc2)cc1. The molecule has 0 heterocycles. The third kappa shape index (κ3) is 4.11. The minimum absolute atomic E-state index is 0.00177. The second-order valence-corrected chi connectivity index (χ2v) is 6.13. The van der Waals surface area contributed by atoms with Crippen LogP contribution in [0.4, 0.5) is 0 Å². The van der Waals surface area contributed by atoms with Crippen LogP contribution in [0, 0.1) is 0 Å². The first kappa shape index (κ1) is 18.2. The van der Waals surface area contributed by atoms with Gasteiger partial charge in [0.2, 0.25) is 0 Å². The topological polar surface area (TPSA) is 29.5 Å². The minimum atomic E-state index is 0.00177. The van der Waals surface area contributed by atoms with Crippen molar-refractivity contribution in [3.63, 3.8) is 0 Å². The molecule has 0 aromatic heterocycles. The summed E-state index contributed by atoms with van der Waals surface area (Å²) in [5.74, 6) is 1.48. The maximum Gasteiger partial charge on any atom is 0.118 e. The van der Waals surface area contributed by atoms with Gasteiger partial charge in [-0.1, -0.05) is 64.1 Å². The van der Waals surface area contributed by atoms with Crippen LogP contribution in [0.3, 0.4) is 0 Å². The van der Waals surface area contributed by atoms with Crippen LogP contribution >= 0.6 is 0 Å². The lowest BCUT2D eigenvalue weighted by atomic mass is 9.77. The molecule has 2 heteroatoms. The summed E-state index contributed by atoms with van der Waals surface area (Å²) in [7, 11) is 2.70. The number of methoxy groups -OCH3 is 1.